The van der Waals surface area contributed by atoms with Gasteiger partial charge in [-0.05, 0) is 80.2 Å². The Kier molecular flexibility index (Phi) is 4.46. The lowest BCUT2D eigenvalue weighted by Crippen LogP contribution is -2.57. The number of oxazole rings is 1. The number of rotatable bonds is 6. The summed E-state index contributed by atoms with van der Waals surface area (Å²) in [6, 6.07) is 8.05. The molecule has 2 aromatic rings. The van der Waals surface area contributed by atoms with Crippen molar-refractivity contribution in [1.29, 1.82) is 0 Å². The molecule has 4 nitrogen and oxygen atoms in total. The minimum atomic E-state index is 0.116. The van der Waals surface area contributed by atoms with Crippen molar-refractivity contribution in [2.24, 2.45) is 23.2 Å². The van der Waals surface area contributed by atoms with Gasteiger partial charge in [0.15, 0.2) is 5.58 Å². The average Bonchev–Trinajstić information content (AvgIpc) is 3.06. The molecule has 4 aliphatic rings. The summed E-state index contributed by atoms with van der Waals surface area (Å²) in [5, 5.41) is 3.98. The van der Waals surface area contributed by atoms with Gasteiger partial charge < -0.3 is 9.73 Å². The van der Waals surface area contributed by atoms with Crippen LogP contribution in [0.4, 0.5) is 0 Å². The Balaban J connectivity index is 1.23. The minimum absolute atomic E-state index is 0.116. The fourth-order valence-electron chi connectivity index (χ4n) is 6.57. The Morgan fingerprint density at radius 1 is 1.22 bits per heavy atom. The molecule has 1 aromatic carbocycles. The number of hydrogen-bond donors (Lipinski definition) is 1. The average molecular weight is 385 g/mol. The second-order valence-electron chi connectivity index (χ2n) is 9.04. The van der Waals surface area contributed by atoms with Gasteiger partial charge in [0.2, 0.25) is 5.91 Å². The first-order chi connectivity index (χ1) is 13.1. The van der Waals surface area contributed by atoms with E-state index in [1.165, 1.54) is 50.3 Å². The highest BCUT2D eigenvalue weighted by atomic mass is 32.2. The molecular formula is C22H28N2O2S. The molecule has 0 radical (unpaired) electrons. The van der Waals surface area contributed by atoms with Crippen LogP contribution in [-0.2, 0) is 4.79 Å². The molecule has 27 heavy (non-hydrogen) atoms. The monoisotopic (exact) mass is 384 g/mol. The first-order valence-corrected chi connectivity index (χ1v) is 11.4. The predicted octanol–water partition coefficient (Wildman–Crippen LogP) is 5.03. The molecule has 1 atom stereocenters. The second kappa shape index (κ2) is 6.84. The number of nitrogens with one attached hydrogen (secondary N) is 1. The summed E-state index contributed by atoms with van der Waals surface area (Å²) in [4.78, 5) is 17.1. The van der Waals surface area contributed by atoms with Crippen molar-refractivity contribution in [1.82, 2.24) is 10.3 Å². The van der Waals surface area contributed by atoms with Crippen LogP contribution in [0.2, 0.25) is 0 Å². The van der Waals surface area contributed by atoms with Gasteiger partial charge in [-0.15, -0.1) is 0 Å². The molecule has 0 unspecified atom stereocenters. The molecule has 5 heteroatoms. The van der Waals surface area contributed by atoms with E-state index in [-0.39, 0.29) is 5.91 Å². The van der Waals surface area contributed by atoms with Gasteiger partial charge >= 0.3 is 0 Å². The lowest BCUT2D eigenvalue weighted by molar-refractivity contribution is -0.124. The molecule has 4 bridgehead atoms. The maximum Gasteiger partial charge on any atom is 0.257 e. The van der Waals surface area contributed by atoms with E-state index in [4.69, 9.17) is 4.42 Å². The van der Waals surface area contributed by atoms with E-state index >= 15 is 0 Å². The van der Waals surface area contributed by atoms with Gasteiger partial charge in [0.25, 0.3) is 5.22 Å². The number of fused-ring (bicyclic) bond motifs is 1. The molecule has 6 rings (SSSR count). The lowest BCUT2D eigenvalue weighted by atomic mass is 9.47. The van der Waals surface area contributed by atoms with Crippen LogP contribution in [0, 0.1) is 23.2 Å². The number of amides is 1. The van der Waals surface area contributed by atoms with Crippen molar-refractivity contribution in [3.8, 4) is 0 Å². The normalized spacial score (nSPS) is 32.7. The van der Waals surface area contributed by atoms with E-state index in [9.17, 15) is 4.79 Å². The summed E-state index contributed by atoms with van der Waals surface area (Å²) in [6.07, 6.45) is 9.35. The standard InChI is InChI=1S/C22H28N2O2S/c1-2-19(22-10-14-7-15(11-22)9-16(8-14)12-22)24-20(25)13-27-21-23-17-5-3-4-6-18(17)26-21/h3-6,14-16,19H,2,7-13H2,1H3,(H,24,25)/t14?,15?,16?,19-,22?/m0/s1. The molecule has 1 heterocycles. The van der Waals surface area contributed by atoms with Crippen LogP contribution in [0.25, 0.3) is 11.1 Å². The van der Waals surface area contributed by atoms with Crippen molar-refractivity contribution < 1.29 is 9.21 Å². The Labute approximate surface area is 164 Å². The third kappa shape index (κ3) is 3.28. The Morgan fingerprint density at radius 3 is 2.52 bits per heavy atom. The van der Waals surface area contributed by atoms with Gasteiger partial charge in [0.1, 0.15) is 5.52 Å². The van der Waals surface area contributed by atoms with E-state index < -0.39 is 0 Å². The number of nitrogens with zero attached hydrogens (tertiary/aromatic N) is 1. The van der Waals surface area contributed by atoms with Gasteiger partial charge in [-0.3, -0.25) is 4.79 Å². The summed E-state index contributed by atoms with van der Waals surface area (Å²) in [5.41, 5.74) is 1.99. The van der Waals surface area contributed by atoms with Crippen LogP contribution >= 0.6 is 11.8 Å². The highest BCUT2D eigenvalue weighted by molar-refractivity contribution is 7.99. The molecule has 4 aliphatic carbocycles. The van der Waals surface area contributed by atoms with Gasteiger partial charge in [0.05, 0.1) is 5.75 Å². The van der Waals surface area contributed by atoms with Crippen molar-refractivity contribution >= 4 is 28.8 Å². The Morgan fingerprint density at radius 2 is 1.89 bits per heavy atom. The highest BCUT2D eigenvalue weighted by Gasteiger charge is 2.53. The van der Waals surface area contributed by atoms with Gasteiger partial charge in [0, 0.05) is 6.04 Å². The third-order valence-corrected chi connectivity index (χ3v) is 8.00. The van der Waals surface area contributed by atoms with Crippen LogP contribution in [0.3, 0.4) is 0 Å². The smallest absolute Gasteiger partial charge is 0.257 e. The largest absolute Gasteiger partial charge is 0.431 e. The minimum Gasteiger partial charge on any atom is -0.431 e. The fourth-order valence-corrected chi connectivity index (χ4v) is 7.22. The number of para-hydroxylation sites is 2. The highest BCUT2D eigenvalue weighted by Crippen LogP contribution is 2.61. The maximum absolute atomic E-state index is 12.7. The molecule has 144 valence electrons. The van der Waals surface area contributed by atoms with E-state index in [1.807, 2.05) is 24.3 Å². The van der Waals surface area contributed by atoms with Crippen molar-refractivity contribution in [2.75, 3.05) is 5.75 Å². The van der Waals surface area contributed by atoms with Gasteiger partial charge in [-0.1, -0.05) is 30.8 Å². The summed E-state index contributed by atoms with van der Waals surface area (Å²) in [5.74, 6) is 3.23. The topological polar surface area (TPSA) is 55.1 Å². The van der Waals surface area contributed by atoms with Crippen molar-refractivity contribution in [3.63, 3.8) is 0 Å². The summed E-state index contributed by atoms with van der Waals surface area (Å²) < 4.78 is 5.72. The zero-order valence-corrected chi connectivity index (χ0v) is 16.8. The predicted molar refractivity (Wildman–Crippen MR) is 108 cm³/mol. The van der Waals surface area contributed by atoms with Crippen LogP contribution in [0.1, 0.15) is 51.9 Å². The SMILES string of the molecule is CC[C@H](NC(=O)CSc1nc2ccccc2o1)C12CC3CC(CC(C3)C1)C2. The fraction of sp³-hybridized carbons (Fsp3) is 0.636. The van der Waals surface area contributed by atoms with Crippen molar-refractivity contribution in [3.05, 3.63) is 24.3 Å². The second-order valence-corrected chi connectivity index (χ2v) is 9.97. The van der Waals surface area contributed by atoms with E-state index in [1.54, 1.807) is 0 Å². The van der Waals surface area contributed by atoms with E-state index in [2.05, 4.69) is 17.2 Å². The third-order valence-electron chi connectivity index (χ3n) is 7.17. The zero-order valence-electron chi connectivity index (χ0n) is 15.9. The Hall–Kier alpha value is -1.49. The quantitative estimate of drug-likeness (QED) is 0.710. The molecule has 1 N–H and O–H groups in total. The number of carbonyl (C=O) groups is 1. The first-order valence-electron chi connectivity index (χ1n) is 10.4. The van der Waals surface area contributed by atoms with Crippen LogP contribution in [0.5, 0.6) is 0 Å². The van der Waals surface area contributed by atoms with Crippen molar-refractivity contribution in [2.45, 2.75) is 63.1 Å². The molecule has 0 spiro atoms. The summed E-state index contributed by atoms with van der Waals surface area (Å²) >= 11 is 1.39. The maximum atomic E-state index is 12.7. The van der Waals surface area contributed by atoms with E-state index in [0.29, 0.717) is 22.4 Å². The zero-order chi connectivity index (χ0) is 18.4. The molecule has 1 aromatic heterocycles. The van der Waals surface area contributed by atoms with Gasteiger partial charge in [-0.2, -0.15) is 0 Å². The number of aromatic nitrogens is 1. The molecule has 1 amide bonds. The lowest BCUT2D eigenvalue weighted by Gasteiger charge is -2.59. The van der Waals surface area contributed by atoms with Crippen LogP contribution < -0.4 is 5.32 Å². The molecule has 0 aliphatic heterocycles. The Bertz CT molecular complexity index is 777. The van der Waals surface area contributed by atoms with Gasteiger partial charge in [-0.25, -0.2) is 4.98 Å². The number of benzene rings is 1. The van der Waals surface area contributed by atoms with Crippen LogP contribution in [0.15, 0.2) is 33.9 Å². The summed E-state index contributed by atoms with van der Waals surface area (Å²) in [7, 11) is 0. The van der Waals surface area contributed by atoms with Crippen LogP contribution in [-0.4, -0.2) is 22.7 Å². The molecular weight excluding hydrogens is 356 g/mol. The number of thioether (sulfide) groups is 1. The first kappa shape index (κ1) is 17.6. The molecule has 0 saturated heterocycles. The van der Waals surface area contributed by atoms with E-state index in [0.717, 1.165) is 35.3 Å². The molecule has 4 saturated carbocycles. The molecule has 4 fully saturated rings. The summed E-state index contributed by atoms with van der Waals surface area (Å²) in [6.45, 7) is 2.23. The number of carbonyl (C=O) groups excluding carboxylic acids is 1. The number of hydrogen-bond acceptors (Lipinski definition) is 4.